The van der Waals surface area contributed by atoms with Crippen LogP contribution < -0.4 is 5.32 Å². The number of hydrogen-bond donors (Lipinski definition) is 2. The predicted molar refractivity (Wildman–Crippen MR) is 112 cm³/mol. The fourth-order valence-electron chi connectivity index (χ4n) is 2.29. The van der Waals surface area contributed by atoms with Gasteiger partial charge < -0.3 is 14.0 Å². The maximum atomic E-state index is 11.9. The summed E-state index contributed by atoms with van der Waals surface area (Å²) in [6, 6.07) is 1.89. The van der Waals surface area contributed by atoms with Crippen molar-refractivity contribution in [2.75, 3.05) is 11.1 Å². The van der Waals surface area contributed by atoms with Gasteiger partial charge in [0.25, 0.3) is 0 Å². The molecule has 144 valence electrons. The monoisotopic (exact) mass is 397 g/mol. The smallest absolute Gasteiger partial charge is 0.444 e. The fourth-order valence-corrected chi connectivity index (χ4v) is 3.28. The van der Waals surface area contributed by atoms with E-state index in [1.165, 1.54) is 11.3 Å². The topological polar surface area (TPSA) is 56.8 Å². The molecular weight excluding hydrogens is 369 g/mol. The molecule has 0 unspecified atom stereocenters. The van der Waals surface area contributed by atoms with E-state index in [2.05, 4.69) is 17.9 Å². The molecule has 1 fully saturated rings. The van der Waals surface area contributed by atoms with Crippen LogP contribution in [0.25, 0.3) is 6.08 Å². The third-order valence-electron chi connectivity index (χ3n) is 4.33. The summed E-state index contributed by atoms with van der Waals surface area (Å²) in [6.45, 7) is 13.6. The van der Waals surface area contributed by atoms with Gasteiger partial charge in [0.2, 0.25) is 0 Å². The molecule has 8 heteroatoms. The van der Waals surface area contributed by atoms with Crippen molar-refractivity contribution in [3.05, 3.63) is 22.5 Å². The van der Waals surface area contributed by atoms with Crippen LogP contribution in [-0.2, 0) is 14.0 Å². The molecule has 1 aromatic rings. The highest BCUT2D eigenvalue weighted by atomic mass is 32.1. The summed E-state index contributed by atoms with van der Waals surface area (Å²) in [5, 5.41) is 5.43. The Balaban J connectivity index is 2.09. The molecule has 0 atom stereocenters. The number of carbonyl (C=O) groups is 1. The number of rotatable bonds is 4. The molecule has 2 rings (SSSR count). The summed E-state index contributed by atoms with van der Waals surface area (Å²) in [5.41, 5.74) is 0.587. The predicted octanol–water partition coefficient (Wildman–Crippen LogP) is 5.04. The first-order valence-electron chi connectivity index (χ1n) is 8.58. The zero-order valence-corrected chi connectivity index (χ0v) is 18.2. The minimum absolute atomic E-state index is 0.391. The SMILES string of the molecule is CC(C)(C)OC(=O)Nc1cc(C=C(CS)B2OC(C)(C)C(C)(C)O2)cs1. The van der Waals surface area contributed by atoms with Gasteiger partial charge in [0.15, 0.2) is 0 Å². The molecule has 0 bridgehead atoms. The lowest BCUT2D eigenvalue weighted by molar-refractivity contribution is 0.00578. The van der Waals surface area contributed by atoms with Crippen molar-refractivity contribution in [2.45, 2.75) is 65.3 Å². The largest absolute Gasteiger partial charge is 0.491 e. The Labute approximate surface area is 166 Å². The molecule has 1 aliphatic heterocycles. The molecule has 26 heavy (non-hydrogen) atoms. The summed E-state index contributed by atoms with van der Waals surface area (Å²) in [7, 11) is -0.431. The van der Waals surface area contributed by atoms with Gasteiger partial charge in [-0.25, -0.2) is 4.79 Å². The van der Waals surface area contributed by atoms with Crippen molar-refractivity contribution < 1.29 is 18.8 Å². The summed E-state index contributed by atoms with van der Waals surface area (Å²) in [6.07, 6.45) is 1.53. The molecule has 1 N–H and O–H groups in total. The Kier molecular flexibility index (Phi) is 6.22. The molecule has 0 aliphatic carbocycles. The summed E-state index contributed by atoms with van der Waals surface area (Å²) in [5.74, 6) is 0.515. The van der Waals surface area contributed by atoms with Crippen molar-refractivity contribution in [2.24, 2.45) is 0 Å². The van der Waals surface area contributed by atoms with Gasteiger partial charge in [0.05, 0.1) is 16.2 Å². The van der Waals surface area contributed by atoms with Crippen LogP contribution in [0.3, 0.4) is 0 Å². The average Bonchev–Trinajstić information content (AvgIpc) is 2.96. The number of ether oxygens (including phenoxy) is 1. The van der Waals surface area contributed by atoms with Crippen LogP contribution in [0, 0.1) is 0 Å². The molecule has 5 nitrogen and oxygen atoms in total. The van der Waals surface area contributed by atoms with Crippen LogP contribution in [0.15, 0.2) is 16.9 Å². The zero-order valence-electron chi connectivity index (χ0n) is 16.5. The van der Waals surface area contributed by atoms with E-state index in [9.17, 15) is 4.79 Å². The third kappa shape index (κ3) is 5.28. The van der Waals surface area contributed by atoms with Gasteiger partial charge in [-0.1, -0.05) is 6.08 Å². The fraction of sp³-hybridized carbons (Fsp3) is 0.611. The number of carbonyl (C=O) groups excluding carboxylic acids is 1. The van der Waals surface area contributed by atoms with E-state index in [0.717, 1.165) is 16.0 Å². The van der Waals surface area contributed by atoms with E-state index in [1.54, 1.807) is 0 Å². The van der Waals surface area contributed by atoms with E-state index in [4.69, 9.17) is 14.0 Å². The van der Waals surface area contributed by atoms with Crippen molar-refractivity contribution >= 4 is 48.3 Å². The maximum Gasteiger partial charge on any atom is 0.491 e. The normalized spacial score (nSPS) is 19.5. The van der Waals surface area contributed by atoms with E-state index in [0.29, 0.717) is 5.75 Å². The molecule has 2 heterocycles. The number of thiol groups is 1. The van der Waals surface area contributed by atoms with E-state index in [-0.39, 0.29) is 0 Å². The van der Waals surface area contributed by atoms with Gasteiger partial charge in [0, 0.05) is 11.1 Å². The van der Waals surface area contributed by atoms with E-state index < -0.39 is 30.0 Å². The summed E-state index contributed by atoms with van der Waals surface area (Å²) in [4.78, 5) is 11.9. The van der Waals surface area contributed by atoms with Gasteiger partial charge in [0.1, 0.15) is 5.60 Å². The van der Waals surface area contributed by atoms with Crippen molar-refractivity contribution in [3.63, 3.8) is 0 Å². The molecule has 0 saturated carbocycles. The Morgan fingerprint density at radius 2 is 1.88 bits per heavy atom. The van der Waals surface area contributed by atoms with Crippen LogP contribution in [0.5, 0.6) is 0 Å². The third-order valence-corrected chi connectivity index (χ3v) is 5.56. The second kappa shape index (κ2) is 7.58. The average molecular weight is 397 g/mol. The molecule has 1 aromatic heterocycles. The first-order valence-corrected chi connectivity index (χ1v) is 10.1. The summed E-state index contributed by atoms with van der Waals surface area (Å²) >= 11 is 5.86. The highest BCUT2D eigenvalue weighted by Gasteiger charge is 2.52. The van der Waals surface area contributed by atoms with Gasteiger partial charge >= 0.3 is 13.2 Å². The van der Waals surface area contributed by atoms with Gasteiger partial charge in [-0.05, 0) is 65.6 Å². The van der Waals surface area contributed by atoms with Gasteiger partial charge in [-0.2, -0.15) is 12.6 Å². The molecule has 1 aliphatic rings. The Morgan fingerprint density at radius 1 is 1.31 bits per heavy atom. The zero-order chi connectivity index (χ0) is 19.8. The van der Waals surface area contributed by atoms with Crippen LogP contribution in [0.2, 0.25) is 0 Å². The van der Waals surface area contributed by atoms with Crippen LogP contribution in [0.4, 0.5) is 9.80 Å². The molecular formula is C18H28BNO4S2. The lowest BCUT2D eigenvalue weighted by Gasteiger charge is -2.32. The second-order valence-electron chi connectivity index (χ2n) is 8.34. The van der Waals surface area contributed by atoms with E-state index in [1.807, 2.05) is 66.0 Å². The first-order chi connectivity index (χ1) is 11.8. The molecule has 0 spiro atoms. The Hall–Kier alpha value is -0.955. The molecule has 1 saturated heterocycles. The first kappa shape index (κ1) is 21.3. The van der Waals surface area contributed by atoms with Gasteiger partial charge in [-0.3, -0.25) is 5.32 Å². The lowest BCUT2D eigenvalue weighted by atomic mass is 9.78. The van der Waals surface area contributed by atoms with Crippen molar-refractivity contribution in [1.29, 1.82) is 0 Å². The highest BCUT2D eigenvalue weighted by molar-refractivity contribution is 7.80. The number of nitrogens with one attached hydrogen (secondary N) is 1. The van der Waals surface area contributed by atoms with Gasteiger partial charge in [-0.15, -0.1) is 11.3 Å². The standard InChI is InChI=1S/C18H28BNO4S2/c1-16(2,3)22-15(21)20-14-9-12(11-26-14)8-13(10-25)19-23-17(4,5)18(6,7)24-19/h8-9,11,25H,10H2,1-7H3,(H,20,21). The Bertz CT molecular complexity index is 676. The second-order valence-corrected chi connectivity index (χ2v) is 9.56. The van der Waals surface area contributed by atoms with Crippen molar-refractivity contribution in [3.8, 4) is 0 Å². The summed E-state index contributed by atoms with van der Waals surface area (Å²) < 4.78 is 17.4. The molecule has 1 amide bonds. The van der Waals surface area contributed by atoms with Crippen LogP contribution in [0.1, 0.15) is 54.0 Å². The molecule has 0 radical (unpaired) electrons. The number of thiophene rings is 1. The van der Waals surface area contributed by atoms with Crippen LogP contribution >= 0.6 is 24.0 Å². The maximum absolute atomic E-state index is 11.9. The minimum Gasteiger partial charge on any atom is -0.444 e. The number of amides is 1. The lowest BCUT2D eigenvalue weighted by Crippen LogP contribution is -2.41. The van der Waals surface area contributed by atoms with Crippen LogP contribution in [-0.4, -0.2) is 35.8 Å². The number of hydrogen-bond acceptors (Lipinski definition) is 6. The van der Waals surface area contributed by atoms with Crippen molar-refractivity contribution in [1.82, 2.24) is 0 Å². The quantitative estimate of drug-likeness (QED) is 0.552. The van der Waals surface area contributed by atoms with E-state index >= 15 is 0 Å². The number of anilines is 1. The Morgan fingerprint density at radius 3 is 2.38 bits per heavy atom. The highest BCUT2D eigenvalue weighted by Crippen LogP contribution is 2.39. The molecule has 0 aromatic carbocycles. The minimum atomic E-state index is -0.528.